The van der Waals surface area contributed by atoms with Gasteiger partial charge in [-0.05, 0) is 24.3 Å². The van der Waals surface area contributed by atoms with Crippen molar-refractivity contribution in [2.45, 2.75) is 0 Å². The van der Waals surface area contributed by atoms with E-state index in [0.717, 1.165) is 11.1 Å². The first-order valence-electron chi connectivity index (χ1n) is 4.97. The molecular formula is C12H11N3O2. The van der Waals surface area contributed by atoms with Crippen LogP contribution >= 0.6 is 0 Å². The highest BCUT2D eigenvalue weighted by Gasteiger charge is 2.09. The van der Waals surface area contributed by atoms with Gasteiger partial charge >= 0.3 is 5.97 Å². The van der Waals surface area contributed by atoms with Gasteiger partial charge in [-0.25, -0.2) is 4.79 Å². The molecule has 0 aliphatic heterocycles. The number of esters is 1. The number of carbonyl (C=O) groups is 1. The number of hydrogen-bond acceptors (Lipinski definition) is 5. The number of rotatable bonds is 2. The predicted molar refractivity (Wildman–Crippen MR) is 63.2 cm³/mol. The lowest BCUT2D eigenvalue weighted by molar-refractivity contribution is 0.0601. The third-order valence-electron chi connectivity index (χ3n) is 2.37. The number of ether oxygens (including phenoxy) is 1. The Labute approximate surface area is 98.2 Å². The Morgan fingerprint density at radius 3 is 2.76 bits per heavy atom. The van der Waals surface area contributed by atoms with Gasteiger partial charge in [0.15, 0.2) is 0 Å². The molecule has 0 saturated heterocycles. The summed E-state index contributed by atoms with van der Waals surface area (Å²) in [6, 6.07) is 6.75. The van der Waals surface area contributed by atoms with Crippen molar-refractivity contribution in [1.29, 1.82) is 0 Å². The van der Waals surface area contributed by atoms with Crippen molar-refractivity contribution in [3.63, 3.8) is 0 Å². The van der Waals surface area contributed by atoms with Crippen molar-refractivity contribution in [2.24, 2.45) is 0 Å². The summed E-state index contributed by atoms with van der Waals surface area (Å²) in [5, 5.41) is 7.47. The van der Waals surface area contributed by atoms with E-state index in [-0.39, 0.29) is 0 Å². The second kappa shape index (κ2) is 4.61. The van der Waals surface area contributed by atoms with Gasteiger partial charge in [0.1, 0.15) is 0 Å². The maximum absolute atomic E-state index is 11.4. The van der Waals surface area contributed by atoms with E-state index in [2.05, 4.69) is 14.9 Å². The highest BCUT2D eigenvalue weighted by atomic mass is 16.5. The molecule has 0 saturated carbocycles. The Morgan fingerprint density at radius 1 is 1.29 bits per heavy atom. The van der Waals surface area contributed by atoms with E-state index in [1.54, 1.807) is 36.7 Å². The lowest BCUT2D eigenvalue weighted by Gasteiger charge is -2.07. The predicted octanol–water partition coefficient (Wildman–Crippen LogP) is 1.51. The normalized spacial score (nSPS) is 9.94. The van der Waals surface area contributed by atoms with E-state index in [1.807, 2.05) is 0 Å². The first-order chi connectivity index (χ1) is 8.22. The minimum atomic E-state index is -0.395. The first-order valence-corrected chi connectivity index (χ1v) is 4.97. The molecule has 86 valence electrons. The quantitative estimate of drug-likeness (QED) is 0.623. The number of nitrogens with zero attached hydrogens (tertiary/aromatic N) is 2. The lowest BCUT2D eigenvalue weighted by atomic mass is 10.0. The molecule has 2 aromatic rings. The van der Waals surface area contributed by atoms with Gasteiger partial charge in [-0.2, -0.15) is 10.2 Å². The Balaban J connectivity index is 2.50. The van der Waals surface area contributed by atoms with E-state index in [9.17, 15) is 4.79 Å². The van der Waals surface area contributed by atoms with Crippen molar-refractivity contribution < 1.29 is 9.53 Å². The summed E-state index contributed by atoms with van der Waals surface area (Å²) in [4.78, 5) is 11.4. The summed E-state index contributed by atoms with van der Waals surface area (Å²) in [5.41, 5.74) is 8.44. The second-order valence-electron chi connectivity index (χ2n) is 3.42. The van der Waals surface area contributed by atoms with Gasteiger partial charge < -0.3 is 10.5 Å². The molecule has 5 nitrogen and oxygen atoms in total. The van der Waals surface area contributed by atoms with E-state index in [1.165, 1.54) is 7.11 Å². The number of hydrogen-bond donors (Lipinski definition) is 1. The molecular weight excluding hydrogens is 218 g/mol. The fourth-order valence-corrected chi connectivity index (χ4v) is 1.50. The van der Waals surface area contributed by atoms with Crippen LogP contribution in [0.25, 0.3) is 11.1 Å². The maximum atomic E-state index is 11.4. The Hall–Kier alpha value is -2.43. The van der Waals surface area contributed by atoms with E-state index >= 15 is 0 Å². The topological polar surface area (TPSA) is 78.1 Å². The van der Waals surface area contributed by atoms with Crippen LogP contribution in [0.1, 0.15) is 10.4 Å². The van der Waals surface area contributed by atoms with Gasteiger partial charge in [0.05, 0.1) is 25.1 Å². The maximum Gasteiger partial charge on any atom is 0.337 e. The average Bonchev–Trinajstić information content (AvgIpc) is 2.39. The molecule has 0 aliphatic carbocycles. The summed E-state index contributed by atoms with van der Waals surface area (Å²) >= 11 is 0. The van der Waals surface area contributed by atoms with Crippen LogP contribution in [-0.4, -0.2) is 23.3 Å². The average molecular weight is 229 g/mol. The second-order valence-corrected chi connectivity index (χ2v) is 3.42. The Bertz CT molecular complexity index is 541. The molecule has 1 heterocycles. The van der Waals surface area contributed by atoms with Crippen molar-refractivity contribution in [3.05, 3.63) is 42.2 Å². The van der Waals surface area contributed by atoms with Crippen LogP contribution in [0, 0.1) is 0 Å². The van der Waals surface area contributed by atoms with Crippen LogP contribution in [0.4, 0.5) is 5.69 Å². The molecule has 0 amide bonds. The first kappa shape index (κ1) is 11.1. The highest BCUT2D eigenvalue weighted by molar-refractivity contribution is 5.92. The van der Waals surface area contributed by atoms with Crippen molar-refractivity contribution in [3.8, 4) is 11.1 Å². The molecule has 1 aromatic heterocycles. The number of anilines is 1. The Kier molecular flexibility index (Phi) is 3.00. The van der Waals surface area contributed by atoms with Gasteiger partial charge in [-0.1, -0.05) is 0 Å². The summed E-state index contributed by atoms with van der Waals surface area (Å²) in [6.07, 6.45) is 3.16. The molecule has 0 atom stereocenters. The zero-order valence-corrected chi connectivity index (χ0v) is 9.25. The van der Waals surface area contributed by atoms with Crippen molar-refractivity contribution >= 4 is 11.7 Å². The molecule has 0 spiro atoms. The zero-order valence-electron chi connectivity index (χ0n) is 9.25. The number of methoxy groups -OCH3 is 1. The summed E-state index contributed by atoms with van der Waals surface area (Å²) in [7, 11) is 1.34. The minimum Gasteiger partial charge on any atom is -0.465 e. The van der Waals surface area contributed by atoms with Gasteiger partial charge in [-0.3, -0.25) is 0 Å². The van der Waals surface area contributed by atoms with Crippen molar-refractivity contribution in [1.82, 2.24) is 10.2 Å². The van der Waals surface area contributed by atoms with Gasteiger partial charge in [-0.15, -0.1) is 0 Å². The Morgan fingerprint density at radius 2 is 2.12 bits per heavy atom. The van der Waals surface area contributed by atoms with Crippen LogP contribution < -0.4 is 5.73 Å². The van der Waals surface area contributed by atoms with Crippen molar-refractivity contribution in [2.75, 3.05) is 12.8 Å². The molecule has 5 heteroatoms. The zero-order chi connectivity index (χ0) is 12.3. The van der Waals surface area contributed by atoms with E-state index in [0.29, 0.717) is 11.3 Å². The summed E-state index contributed by atoms with van der Waals surface area (Å²) in [6.45, 7) is 0. The molecule has 2 N–H and O–H groups in total. The summed E-state index contributed by atoms with van der Waals surface area (Å²) in [5.74, 6) is -0.395. The molecule has 0 radical (unpaired) electrons. The van der Waals surface area contributed by atoms with Gasteiger partial charge in [0.25, 0.3) is 0 Å². The third kappa shape index (κ3) is 2.23. The van der Waals surface area contributed by atoms with Crippen LogP contribution in [0.3, 0.4) is 0 Å². The smallest absolute Gasteiger partial charge is 0.337 e. The van der Waals surface area contributed by atoms with Crippen LogP contribution in [-0.2, 0) is 4.74 Å². The van der Waals surface area contributed by atoms with Gasteiger partial charge in [0.2, 0.25) is 0 Å². The largest absolute Gasteiger partial charge is 0.465 e. The molecule has 0 bridgehead atoms. The molecule has 0 aliphatic rings. The third-order valence-corrected chi connectivity index (χ3v) is 2.37. The molecule has 0 unspecified atom stereocenters. The minimum absolute atomic E-state index is 0.395. The monoisotopic (exact) mass is 229 g/mol. The molecule has 2 rings (SSSR count). The number of aromatic nitrogens is 2. The van der Waals surface area contributed by atoms with E-state index < -0.39 is 5.97 Å². The lowest BCUT2D eigenvalue weighted by Crippen LogP contribution is -2.02. The molecule has 0 fully saturated rings. The fourth-order valence-electron chi connectivity index (χ4n) is 1.50. The number of benzene rings is 1. The SMILES string of the molecule is COC(=O)c1ccc(N)c(-c2ccnnc2)c1. The van der Waals surface area contributed by atoms with Crippen LogP contribution in [0.2, 0.25) is 0 Å². The number of nitrogens with two attached hydrogens (primary N) is 1. The van der Waals surface area contributed by atoms with Gasteiger partial charge in [0, 0.05) is 16.8 Å². The number of carbonyl (C=O) groups excluding carboxylic acids is 1. The van der Waals surface area contributed by atoms with E-state index in [4.69, 9.17) is 5.73 Å². The fraction of sp³-hybridized carbons (Fsp3) is 0.0833. The van der Waals surface area contributed by atoms with Crippen LogP contribution in [0.15, 0.2) is 36.7 Å². The standard InChI is InChI=1S/C12H11N3O2/c1-17-12(16)8-2-3-11(13)10(6-8)9-4-5-14-15-7-9/h2-7H,13H2,1H3. The van der Waals surface area contributed by atoms with Crippen LogP contribution in [0.5, 0.6) is 0 Å². The molecule has 17 heavy (non-hydrogen) atoms. The molecule has 1 aromatic carbocycles. The number of nitrogen functional groups attached to an aromatic ring is 1. The summed E-state index contributed by atoms with van der Waals surface area (Å²) < 4.78 is 4.66. The highest BCUT2D eigenvalue weighted by Crippen LogP contribution is 2.26.